The molecule has 2 aromatic carbocycles. The molecule has 2 aliphatic rings. The van der Waals surface area contributed by atoms with Gasteiger partial charge in [0.1, 0.15) is 0 Å². The van der Waals surface area contributed by atoms with Gasteiger partial charge in [-0.05, 0) is 49.9 Å². The quantitative estimate of drug-likeness (QED) is 0.607. The fraction of sp³-hybridized carbons (Fsp3) is 0.481. The van der Waals surface area contributed by atoms with E-state index in [1.54, 1.807) is 4.90 Å². The average Bonchev–Trinajstić information content (AvgIpc) is 3.46. The van der Waals surface area contributed by atoms with E-state index in [2.05, 4.69) is 40.1 Å². The lowest BCUT2D eigenvalue weighted by Gasteiger charge is -2.36. The molecule has 4 rings (SSSR count). The van der Waals surface area contributed by atoms with Crippen molar-refractivity contribution in [3.05, 3.63) is 71.8 Å². The van der Waals surface area contributed by atoms with Crippen LogP contribution in [0, 0.1) is 0 Å². The molecule has 0 spiro atoms. The van der Waals surface area contributed by atoms with Gasteiger partial charge < -0.3 is 10.6 Å². The second-order valence-electron chi connectivity index (χ2n) is 9.36. The molecule has 0 aromatic heterocycles. The first-order chi connectivity index (χ1) is 16.1. The molecule has 0 radical (unpaired) electrons. The predicted molar refractivity (Wildman–Crippen MR) is 130 cm³/mol. The van der Waals surface area contributed by atoms with Crippen LogP contribution in [0.15, 0.2) is 60.7 Å². The van der Waals surface area contributed by atoms with Gasteiger partial charge in [0, 0.05) is 38.1 Å². The fourth-order valence-corrected chi connectivity index (χ4v) is 5.40. The lowest BCUT2D eigenvalue weighted by atomic mass is 10.0. The van der Waals surface area contributed by atoms with Crippen LogP contribution >= 0.6 is 0 Å². The zero-order valence-electron chi connectivity index (χ0n) is 19.4. The smallest absolute Gasteiger partial charge is 0.237 e. The largest absolute Gasteiger partial charge is 0.370 e. The van der Waals surface area contributed by atoms with Gasteiger partial charge in [0.2, 0.25) is 11.8 Å². The molecule has 2 fully saturated rings. The molecule has 2 saturated heterocycles. The van der Waals surface area contributed by atoms with Crippen molar-refractivity contribution in [3.63, 3.8) is 0 Å². The van der Waals surface area contributed by atoms with E-state index < -0.39 is 0 Å². The maximum Gasteiger partial charge on any atom is 0.237 e. The minimum Gasteiger partial charge on any atom is -0.370 e. The molecular weight excluding hydrogens is 412 g/mol. The monoisotopic (exact) mass is 448 g/mol. The number of hydrogen-bond acceptors (Lipinski definition) is 4. The number of carbonyl (C=O) groups is 2. The molecule has 2 aromatic rings. The normalized spacial score (nSPS) is 21.3. The number of rotatable bonds is 10. The molecule has 0 bridgehead atoms. The van der Waals surface area contributed by atoms with Crippen molar-refractivity contribution in [1.29, 1.82) is 0 Å². The molecule has 2 heterocycles. The van der Waals surface area contributed by atoms with E-state index in [-0.39, 0.29) is 18.2 Å². The van der Waals surface area contributed by atoms with Crippen molar-refractivity contribution in [2.24, 2.45) is 5.73 Å². The summed E-state index contributed by atoms with van der Waals surface area (Å²) in [5, 5.41) is 0. The molecule has 33 heavy (non-hydrogen) atoms. The van der Waals surface area contributed by atoms with Crippen LogP contribution in [0.5, 0.6) is 0 Å². The summed E-state index contributed by atoms with van der Waals surface area (Å²) < 4.78 is 0. The lowest BCUT2D eigenvalue weighted by molar-refractivity contribution is -0.134. The van der Waals surface area contributed by atoms with Crippen molar-refractivity contribution in [2.75, 3.05) is 26.2 Å². The third-order valence-electron chi connectivity index (χ3n) is 7.04. The number of amides is 2. The van der Waals surface area contributed by atoms with Crippen molar-refractivity contribution in [3.8, 4) is 0 Å². The van der Waals surface area contributed by atoms with Crippen LogP contribution in [0.4, 0.5) is 0 Å². The van der Waals surface area contributed by atoms with E-state index in [9.17, 15) is 9.59 Å². The number of carbonyl (C=O) groups excluding carboxylic acids is 2. The van der Waals surface area contributed by atoms with Crippen LogP contribution in [0.3, 0.4) is 0 Å². The molecular formula is C27H36N4O2. The van der Waals surface area contributed by atoms with E-state index in [1.807, 2.05) is 30.3 Å². The van der Waals surface area contributed by atoms with Gasteiger partial charge in [0.25, 0.3) is 0 Å². The highest BCUT2D eigenvalue weighted by molar-refractivity contribution is 5.79. The Bertz CT molecular complexity index is 905. The summed E-state index contributed by atoms with van der Waals surface area (Å²) in [4.78, 5) is 31.6. The molecule has 6 heteroatoms. The van der Waals surface area contributed by atoms with Crippen LogP contribution in [0.1, 0.15) is 43.2 Å². The summed E-state index contributed by atoms with van der Waals surface area (Å²) in [6, 6.07) is 21.5. The Balaban J connectivity index is 1.41. The van der Waals surface area contributed by atoms with Crippen molar-refractivity contribution >= 4 is 11.8 Å². The van der Waals surface area contributed by atoms with Gasteiger partial charge in [-0.25, -0.2) is 0 Å². The topological polar surface area (TPSA) is 69.9 Å². The summed E-state index contributed by atoms with van der Waals surface area (Å²) >= 11 is 0. The Kier molecular flexibility index (Phi) is 8.13. The first kappa shape index (κ1) is 23.5. The molecule has 0 aliphatic carbocycles. The number of benzene rings is 2. The Labute approximate surface area is 197 Å². The maximum absolute atomic E-state index is 13.4. The number of likely N-dealkylation sites (tertiary alicyclic amines) is 2. The minimum atomic E-state index is -0.373. The molecule has 6 nitrogen and oxygen atoms in total. The summed E-state index contributed by atoms with van der Waals surface area (Å²) in [7, 11) is 0. The highest BCUT2D eigenvalue weighted by atomic mass is 16.2. The molecule has 2 aliphatic heterocycles. The summed E-state index contributed by atoms with van der Waals surface area (Å²) in [5.41, 5.74) is 7.81. The van der Waals surface area contributed by atoms with E-state index in [0.29, 0.717) is 31.7 Å². The zero-order valence-corrected chi connectivity index (χ0v) is 19.4. The standard InChI is InChI=1S/C27H36N4O2/c28-26(32)15-18-31(20-23-11-5-2-6-12-23)27(33)21-30-17-8-14-25(30)24-13-7-16-29(24)19-22-9-3-1-4-10-22/h1-6,9-12,24-25H,7-8,13-21H2,(H2,28,32). The van der Waals surface area contributed by atoms with Gasteiger partial charge in [-0.3, -0.25) is 19.4 Å². The molecule has 0 saturated carbocycles. The number of hydrogen-bond donors (Lipinski definition) is 1. The summed E-state index contributed by atoms with van der Waals surface area (Å²) in [6.45, 7) is 4.34. The second kappa shape index (κ2) is 11.4. The van der Waals surface area contributed by atoms with E-state index in [0.717, 1.165) is 38.0 Å². The third-order valence-corrected chi connectivity index (χ3v) is 7.04. The van der Waals surface area contributed by atoms with Crippen molar-refractivity contribution in [2.45, 2.75) is 57.3 Å². The maximum atomic E-state index is 13.4. The number of nitrogens with two attached hydrogens (primary N) is 1. The Morgan fingerprint density at radius 1 is 0.848 bits per heavy atom. The number of nitrogens with zero attached hydrogens (tertiary/aromatic N) is 3. The zero-order chi connectivity index (χ0) is 23.0. The van der Waals surface area contributed by atoms with Crippen LogP contribution < -0.4 is 5.73 Å². The van der Waals surface area contributed by atoms with Crippen molar-refractivity contribution < 1.29 is 9.59 Å². The molecule has 176 valence electrons. The lowest BCUT2D eigenvalue weighted by Crippen LogP contribution is -2.49. The molecule has 2 N–H and O–H groups in total. The molecule has 2 amide bonds. The van der Waals surface area contributed by atoms with Gasteiger partial charge in [-0.15, -0.1) is 0 Å². The van der Waals surface area contributed by atoms with Crippen molar-refractivity contribution in [1.82, 2.24) is 14.7 Å². The van der Waals surface area contributed by atoms with Gasteiger partial charge in [0.05, 0.1) is 6.54 Å². The summed E-state index contributed by atoms with van der Waals surface area (Å²) in [5.74, 6) is -0.290. The van der Waals surface area contributed by atoms with E-state index >= 15 is 0 Å². The minimum absolute atomic E-state index is 0.0830. The van der Waals surface area contributed by atoms with Crippen LogP contribution in [-0.2, 0) is 22.7 Å². The van der Waals surface area contributed by atoms with Crippen LogP contribution in [0.2, 0.25) is 0 Å². The van der Waals surface area contributed by atoms with Gasteiger partial charge in [0.15, 0.2) is 0 Å². The average molecular weight is 449 g/mol. The Morgan fingerprint density at radius 2 is 1.42 bits per heavy atom. The first-order valence-electron chi connectivity index (χ1n) is 12.2. The Morgan fingerprint density at radius 3 is 2.06 bits per heavy atom. The van der Waals surface area contributed by atoms with Gasteiger partial charge >= 0.3 is 0 Å². The van der Waals surface area contributed by atoms with Crippen LogP contribution in [-0.4, -0.2) is 64.8 Å². The highest BCUT2D eigenvalue weighted by Gasteiger charge is 2.38. The summed E-state index contributed by atoms with van der Waals surface area (Å²) in [6.07, 6.45) is 4.87. The predicted octanol–water partition coefficient (Wildman–Crippen LogP) is 3.02. The van der Waals surface area contributed by atoms with E-state index in [1.165, 1.54) is 18.4 Å². The van der Waals surface area contributed by atoms with Gasteiger partial charge in [-0.1, -0.05) is 60.7 Å². The fourth-order valence-electron chi connectivity index (χ4n) is 5.40. The molecule has 2 unspecified atom stereocenters. The first-order valence-corrected chi connectivity index (χ1v) is 12.2. The third kappa shape index (κ3) is 6.42. The van der Waals surface area contributed by atoms with Crippen LogP contribution in [0.25, 0.3) is 0 Å². The highest BCUT2D eigenvalue weighted by Crippen LogP contribution is 2.31. The van der Waals surface area contributed by atoms with E-state index in [4.69, 9.17) is 5.73 Å². The van der Waals surface area contributed by atoms with Gasteiger partial charge in [-0.2, -0.15) is 0 Å². The SMILES string of the molecule is NC(=O)CCN(Cc1ccccc1)C(=O)CN1CCCC1C1CCCN1Cc1ccccc1. The molecule has 2 atom stereocenters. The Hall–Kier alpha value is -2.70. The number of primary amides is 1. The second-order valence-corrected chi connectivity index (χ2v) is 9.36.